The highest BCUT2D eigenvalue weighted by Gasteiger charge is 2.00. The van der Waals surface area contributed by atoms with Gasteiger partial charge >= 0.3 is 0 Å². The van der Waals surface area contributed by atoms with Crippen molar-refractivity contribution in [2.45, 2.75) is 26.4 Å². The molecule has 16 heavy (non-hydrogen) atoms. The Labute approximate surface area is 95.3 Å². The van der Waals surface area contributed by atoms with Crippen LogP contribution in [0.2, 0.25) is 0 Å². The van der Waals surface area contributed by atoms with Crippen LogP contribution in [0.5, 0.6) is 0 Å². The zero-order valence-corrected chi connectivity index (χ0v) is 9.59. The Morgan fingerprint density at radius 3 is 2.94 bits per heavy atom. The molecule has 0 spiro atoms. The molecular formula is C12H16N4. The lowest BCUT2D eigenvalue weighted by Crippen LogP contribution is -2.10. The third-order valence-corrected chi connectivity index (χ3v) is 2.14. The smallest absolute Gasteiger partial charge is 0.148 e. The van der Waals surface area contributed by atoms with Crippen LogP contribution in [0.15, 0.2) is 36.8 Å². The normalized spacial score (nSPS) is 10.7. The summed E-state index contributed by atoms with van der Waals surface area (Å²) in [5.74, 6) is 0.916. The Bertz CT molecular complexity index is 433. The summed E-state index contributed by atoms with van der Waals surface area (Å²) in [5.41, 5.74) is 1.15. The van der Waals surface area contributed by atoms with Crippen molar-refractivity contribution >= 4 is 5.82 Å². The molecule has 0 aliphatic rings. The van der Waals surface area contributed by atoms with E-state index in [1.54, 1.807) is 6.20 Å². The van der Waals surface area contributed by atoms with Crippen molar-refractivity contribution in [3.05, 3.63) is 42.4 Å². The third kappa shape index (κ3) is 2.82. The molecule has 0 aliphatic carbocycles. The van der Waals surface area contributed by atoms with Crippen molar-refractivity contribution in [3.8, 4) is 0 Å². The van der Waals surface area contributed by atoms with Crippen LogP contribution < -0.4 is 5.32 Å². The Hall–Kier alpha value is -1.84. The summed E-state index contributed by atoms with van der Waals surface area (Å²) in [6.45, 7) is 4.95. The molecule has 0 aliphatic heterocycles. The van der Waals surface area contributed by atoms with Gasteiger partial charge < -0.3 is 5.32 Å². The fraction of sp³-hybridized carbons (Fsp3) is 0.333. The van der Waals surface area contributed by atoms with Gasteiger partial charge in [-0.15, -0.1) is 0 Å². The van der Waals surface area contributed by atoms with Gasteiger partial charge in [-0.05, 0) is 25.5 Å². The summed E-state index contributed by atoms with van der Waals surface area (Å²) < 4.78 is 1.90. The minimum atomic E-state index is 0.404. The highest BCUT2D eigenvalue weighted by molar-refractivity contribution is 5.33. The molecule has 0 radical (unpaired) electrons. The maximum atomic E-state index is 4.42. The van der Waals surface area contributed by atoms with Gasteiger partial charge in [0.05, 0.1) is 6.54 Å². The Morgan fingerprint density at radius 1 is 1.38 bits per heavy atom. The zero-order valence-electron chi connectivity index (χ0n) is 9.59. The first-order chi connectivity index (χ1) is 7.74. The molecule has 0 saturated carbocycles. The SMILES string of the molecule is CC(C)Nc1ccn(Cc2cccnc2)n1. The topological polar surface area (TPSA) is 42.7 Å². The quantitative estimate of drug-likeness (QED) is 0.851. The van der Waals surface area contributed by atoms with E-state index in [4.69, 9.17) is 0 Å². The largest absolute Gasteiger partial charge is 0.366 e. The second kappa shape index (κ2) is 4.79. The number of nitrogens with zero attached hydrogens (tertiary/aromatic N) is 3. The maximum Gasteiger partial charge on any atom is 0.148 e. The number of aromatic nitrogens is 3. The van der Waals surface area contributed by atoms with Gasteiger partial charge in [0.2, 0.25) is 0 Å². The summed E-state index contributed by atoms with van der Waals surface area (Å²) in [6.07, 6.45) is 5.60. The molecule has 2 rings (SSSR count). The van der Waals surface area contributed by atoms with Crippen molar-refractivity contribution in [1.82, 2.24) is 14.8 Å². The molecule has 0 unspecified atom stereocenters. The summed E-state index contributed by atoms with van der Waals surface area (Å²) in [6, 6.07) is 6.37. The molecule has 0 saturated heterocycles. The van der Waals surface area contributed by atoms with Crippen LogP contribution in [-0.4, -0.2) is 20.8 Å². The van der Waals surface area contributed by atoms with Gasteiger partial charge in [-0.2, -0.15) is 5.10 Å². The number of hydrogen-bond donors (Lipinski definition) is 1. The lowest BCUT2D eigenvalue weighted by Gasteiger charge is -2.05. The number of hydrogen-bond acceptors (Lipinski definition) is 3. The van der Waals surface area contributed by atoms with E-state index in [0.29, 0.717) is 6.04 Å². The van der Waals surface area contributed by atoms with E-state index in [1.165, 1.54) is 0 Å². The number of rotatable bonds is 4. The predicted molar refractivity (Wildman–Crippen MR) is 64.3 cm³/mol. The lowest BCUT2D eigenvalue weighted by molar-refractivity contribution is 0.684. The molecule has 0 amide bonds. The van der Waals surface area contributed by atoms with Gasteiger partial charge in [-0.3, -0.25) is 9.67 Å². The molecule has 0 bridgehead atoms. The summed E-state index contributed by atoms with van der Waals surface area (Å²) >= 11 is 0. The van der Waals surface area contributed by atoms with E-state index >= 15 is 0 Å². The average molecular weight is 216 g/mol. The zero-order chi connectivity index (χ0) is 11.4. The van der Waals surface area contributed by atoms with Gasteiger partial charge in [0.15, 0.2) is 0 Å². The highest BCUT2D eigenvalue weighted by atomic mass is 15.3. The molecule has 2 aromatic rings. The third-order valence-electron chi connectivity index (χ3n) is 2.14. The van der Waals surface area contributed by atoms with Crippen LogP contribution in [0.1, 0.15) is 19.4 Å². The van der Waals surface area contributed by atoms with E-state index < -0.39 is 0 Å². The highest BCUT2D eigenvalue weighted by Crippen LogP contribution is 2.06. The van der Waals surface area contributed by atoms with Gasteiger partial charge in [-0.25, -0.2) is 0 Å². The second-order valence-corrected chi connectivity index (χ2v) is 4.06. The van der Waals surface area contributed by atoms with Crippen molar-refractivity contribution < 1.29 is 0 Å². The summed E-state index contributed by atoms with van der Waals surface area (Å²) in [4.78, 5) is 4.08. The number of nitrogens with one attached hydrogen (secondary N) is 1. The van der Waals surface area contributed by atoms with Gasteiger partial charge in [0.1, 0.15) is 5.82 Å². The molecule has 4 heteroatoms. The van der Waals surface area contributed by atoms with E-state index in [9.17, 15) is 0 Å². The Balaban J connectivity index is 2.03. The van der Waals surface area contributed by atoms with Crippen molar-refractivity contribution in [1.29, 1.82) is 0 Å². The molecule has 2 heterocycles. The first-order valence-electron chi connectivity index (χ1n) is 5.43. The second-order valence-electron chi connectivity index (χ2n) is 4.06. The van der Waals surface area contributed by atoms with Crippen molar-refractivity contribution in [3.63, 3.8) is 0 Å². The lowest BCUT2D eigenvalue weighted by atomic mass is 10.3. The van der Waals surface area contributed by atoms with Crippen LogP contribution in [-0.2, 0) is 6.54 Å². The molecule has 0 fully saturated rings. The van der Waals surface area contributed by atoms with Crippen LogP contribution >= 0.6 is 0 Å². The van der Waals surface area contributed by atoms with Crippen LogP contribution in [0.4, 0.5) is 5.82 Å². The number of anilines is 1. The van der Waals surface area contributed by atoms with E-state index in [-0.39, 0.29) is 0 Å². The fourth-order valence-corrected chi connectivity index (χ4v) is 1.50. The minimum Gasteiger partial charge on any atom is -0.366 e. The molecule has 84 valence electrons. The maximum absolute atomic E-state index is 4.42. The molecular weight excluding hydrogens is 200 g/mol. The van der Waals surface area contributed by atoms with Gasteiger partial charge in [0, 0.05) is 30.7 Å². The Kier molecular flexibility index (Phi) is 3.19. The minimum absolute atomic E-state index is 0.404. The summed E-state index contributed by atoms with van der Waals surface area (Å²) in [5, 5.41) is 7.69. The predicted octanol–water partition coefficient (Wildman–Crippen LogP) is 2.15. The average Bonchev–Trinajstić information content (AvgIpc) is 2.66. The van der Waals surface area contributed by atoms with E-state index in [1.807, 2.05) is 35.3 Å². The standard InChI is InChI=1S/C12H16N4/c1-10(2)14-12-5-7-16(15-12)9-11-4-3-6-13-8-11/h3-8,10H,9H2,1-2H3,(H,14,15). The van der Waals surface area contributed by atoms with Gasteiger partial charge in [0.25, 0.3) is 0 Å². The molecule has 2 aromatic heterocycles. The molecule has 0 aromatic carbocycles. The first kappa shape index (κ1) is 10.7. The fourth-order valence-electron chi connectivity index (χ4n) is 1.50. The van der Waals surface area contributed by atoms with Crippen LogP contribution in [0, 0.1) is 0 Å². The molecule has 0 atom stereocenters. The van der Waals surface area contributed by atoms with Crippen LogP contribution in [0.3, 0.4) is 0 Å². The first-order valence-corrected chi connectivity index (χ1v) is 5.43. The monoisotopic (exact) mass is 216 g/mol. The number of pyridine rings is 1. The van der Waals surface area contributed by atoms with Gasteiger partial charge in [-0.1, -0.05) is 6.07 Å². The van der Waals surface area contributed by atoms with Crippen LogP contribution in [0.25, 0.3) is 0 Å². The molecule has 1 N–H and O–H groups in total. The Morgan fingerprint density at radius 2 is 2.25 bits per heavy atom. The van der Waals surface area contributed by atoms with Crippen molar-refractivity contribution in [2.24, 2.45) is 0 Å². The van der Waals surface area contributed by atoms with Crippen molar-refractivity contribution in [2.75, 3.05) is 5.32 Å². The van der Waals surface area contributed by atoms with E-state index in [2.05, 4.69) is 29.2 Å². The van der Waals surface area contributed by atoms with E-state index in [0.717, 1.165) is 17.9 Å². The summed E-state index contributed by atoms with van der Waals surface area (Å²) in [7, 11) is 0. The molecule has 4 nitrogen and oxygen atoms in total.